The van der Waals surface area contributed by atoms with Gasteiger partial charge in [0.1, 0.15) is 6.10 Å². The second-order valence-corrected chi connectivity index (χ2v) is 7.11. The second-order valence-electron chi connectivity index (χ2n) is 4.88. The van der Waals surface area contributed by atoms with Crippen molar-refractivity contribution in [3.63, 3.8) is 0 Å². The third-order valence-electron chi connectivity index (χ3n) is 3.42. The van der Waals surface area contributed by atoms with Crippen molar-refractivity contribution in [2.45, 2.75) is 48.9 Å². The predicted molar refractivity (Wildman–Crippen MR) is 71.4 cm³/mol. The Morgan fingerprint density at radius 2 is 1.89 bits per heavy atom. The largest absolute Gasteiger partial charge is 0.463 e. The molecule has 1 aromatic rings. The Kier molecular flexibility index (Phi) is 4.24. The molecule has 104 valence electrons. The van der Waals surface area contributed by atoms with Crippen LogP contribution in [-0.4, -0.2) is 25.7 Å². The van der Waals surface area contributed by atoms with E-state index in [4.69, 9.17) is 4.74 Å². The topological polar surface area (TPSA) is 60.4 Å². The Hall–Kier alpha value is -1.36. The fraction of sp³-hybridized carbons (Fsp3) is 0.500. The molecule has 1 aliphatic carbocycles. The van der Waals surface area contributed by atoms with Gasteiger partial charge in [-0.1, -0.05) is 18.2 Å². The van der Waals surface area contributed by atoms with Gasteiger partial charge in [0.25, 0.3) is 0 Å². The summed E-state index contributed by atoms with van der Waals surface area (Å²) in [6, 6.07) is 8.47. The molecule has 0 aromatic heterocycles. The number of carbonyl (C=O) groups excluding carboxylic acids is 1. The first-order valence-corrected chi connectivity index (χ1v) is 8.01. The molecule has 1 fully saturated rings. The van der Waals surface area contributed by atoms with Crippen LogP contribution in [0.15, 0.2) is 35.2 Å². The Morgan fingerprint density at radius 1 is 1.21 bits per heavy atom. The molecule has 0 heterocycles. The van der Waals surface area contributed by atoms with Crippen molar-refractivity contribution in [2.24, 2.45) is 0 Å². The van der Waals surface area contributed by atoms with Gasteiger partial charge in [-0.2, -0.15) is 0 Å². The minimum atomic E-state index is -3.32. The van der Waals surface area contributed by atoms with Gasteiger partial charge in [0.05, 0.1) is 10.1 Å². The lowest BCUT2D eigenvalue weighted by molar-refractivity contribution is -0.147. The van der Waals surface area contributed by atoms with Crippen molar-refractivity contribution in [1.29, 1.82) is 0 Å². The Morgan fingerprint density at radius 3 is 2.53 bits per heavy atom. The van der Waals surface area contributed by atoms with Crippen LogP contribution in [0.1, 0.15) is 32.6 Å². The summed E-state index contributed by atoms with van der Waals surface area (Å²) in [6.45, 7) is 1.36. The van der Waals surface area contributed by atoms with Crippen molar-refractivity contribution < 1.29 is 17.9 Å². The van der Waals surface area contributed by atoms with Gasteiger partial charge in [-0.3, -0.25) is 4.79 Å². The number of hydrogen-bond donors (Lipinski definition) is 0. The van der Waals surface area contributed by atoms with E-state index in [1.165, 1.54) is 6.92 Å². The zero-order chi connectivity index (χ0) is 13.9. The molecule has 0 radical (unpaired) electrons. The van der Waals surface area contributed by atoms with Gasteiger partial charge in [0.2, 0.25) is 0 Å². The number of esters is 1. The van der Waals surface area contributed by atoms with Crippen LogP contribution in [0.2, 0.25) is 0 Å². The van der Waals surface area contributed by atoms with E-state index in [-0.39, 0.29) is 12.1 Å². The van der Waals surface area contributed by atoms with E-state index in [1.807, 2.05) is 0 Å². The van der Waals surface area contributed by atoms with Crippen molar-refractivity contribution in [3.05, 3.63) is 30.3 Å². The van der Waals surface area contributed by atoms with Crippen LogP contribution < -0.4 is 0 Å². The highest BCUT2D eigenvalue weighted by Crippen LogP contribution is 2.30. The van der Waals surface area contributed by atoms with Crippen LogP contribution in [0, 0.1) is 0 Å². The standard InChI is InChI=1S/C14H18O4S/c1-11(15)18-12-6-5-9-14(10-12)19(16,17)13-7-3-2-4-8-13/h2-4,7-8,12,14H,5-6,9-10H2,1H3/t12-,14+/m1/s1. The fourth-order valence-corrected chi connectivity index (χ4v) is 4.39. The van der Waals surface area contributed by atoms with Crippen LogP contribution in [0.4, 0.5) is 0 Å². The molecule has 5 heteroatoms. The molecule has 2 atom stereocenters. The summed E-state index contributed by atoms with van der Waals surface area (Å²) in [5.74, 6) is -0.345. The number of sulfone groups is 1. The molecule has 0 saturated heterocycles. The molecule has 1 saturated carbocycles. The fourth-order valence-electron chi connectivity index (χ4n) is 2.53. The van der Waals surface area contributed by atoms with E-state index in [9.17, 15) is 13.2 Å². The lowest BCUT2D eigenvalue weighted by Crippen LogP contribution is -2.33. The van der Waals surface area contributed by atoms with Crippen LogP contribution >= 0.6 is 0 Å². The summed E-state index contributed by atoms with van der Waals surface area (Å²) in [7, 11) is -3.32. The molecule has 0 aliphatic heterocycles. The van der Waals surface area contributed by atoms with Gasteiger partial charge in [-0.25, -0.2) is 8.42 Å². The van der Waals surface area contributed by atoms with Crippen molar-refractivity contribution in [3.8, 4) is 0 Å². The highest BCUT2D eigenvalue weighted by Gasteiger charge is 2.33. The monoisotopic (exact) mass is 282 g/mol. The second kappa shape index (κ2) is 5.74. The maximum Gasteiger partial charge on any atom is 0.302 e. The molecule has 0 unspecified atom stereocenters. The minimum absolute atomic E-state index is 0.269. The lowest BCUT2D eigenvalue weighted by Gasteiger charge is -2.28. The molecule has 19 heavy (non-hydrogen) atoms. The van der Waals surface area contributed by atoms with Gasteiger partial charge in [-0.05, 0) is 31.4 Å². The molecule has 0 bridgehead atoms. The summed E-state index contributed by atoms with van der Waals surface area (Å²) in [5.41, 5.74) is 0. The van der Waals surface area contributed by atoms with E-state index in [0.29, 0.717) is 17.7 Å². The molecular formula is C14H18O4S. The highest BCUT2D eigenvalue weighted by atomic mass is 32.2. The smallest absolute Gasteiger partial charge is 0.302 e. The van der Waals surface area contributed by atoms with E-state index in [1.54, 1.807) is 30.3 Å². The first kappa shape index (κ1) is 14.1. The predicted octanol–water partition coefficient (Wildman–Crippen LogP) is 2.33. The summed E-state index contributed by atoms with van der Waals surface area (Å²) < 4.78 is 30.1. The van der Waals surface area contributed by atoms with Crippen molar-refractivity contribution in [1.82, 2.24) is 0 Å². The van der Waals surface area contributed by atoms with E-state index < -0.39 is 15.1 Å². The highest BCUT2D eigenvalue weighted by molar-refractivity contribution is 7.92. The molecular weight excluding hydrogens is 264 g/mol. The minimum Gasteiger partial charge on any atom is -0.463 e. The van der Waals surface area contributed by atoms with Crippen LogP contribution in [0.3, 0.4) is 0 Å². The van der Waals surface area contributed by atoms with Gasteiger partial charge in [-0.15, -0.1) is 0 Å². The first-order chi connectivity index (χ1) is 9.00. The first-order valence-electron chi connectivity index (χ1n) is 6.46. The van der Waals surface area contributed by atoms with E-state index >= 15 is 0 Å². The van der Waals surface area contributed by atoms with E-state index in [0.717, 1.165) is 12.8 Å². The van der Waals surface area contributed by atoms with Crippen molar-refractivity contribution >= 4 is 15.8 Å². The molecule has 0 spiro atoms. The van der Waals surface area contributed by atoms with Crippen LogP contribution in [-0.2, 0) is 19.4 Å². The Balaban J connectivity index is 2.15. The SMILES string of the molecule is CC(=O)O[C@@H]1CCC[C@H](S(=O)(=O)c2ccccc2)C1. The van der Waals surface area contributed by atoms with E-state index in [2.05, 4.69) is 0 Å². The average molecular weight is 282 g/mol. The number of benzene rings is 1. The quantitative estimate of drug-likeness (QED) is 0.798. The third-order valence-corrected chi connectivity index (χ3v) is 5.66. The summed E-state index contributed by atoms with van der Waals surface area (Å²) in [4.78, 5) is 11.3. The summed E-state index contributed by atoms with van der Waals surface area (Å²) in [6.07, 6.45) is 2.29. The number of rotatable bonds is 3. The van der Waals surface area contributed by atoms with Crippen LogP contribution in [0.25, 0.3) is 0 Å². The Bertz CT molecular complexity index is 536. The molecule has 1 aliphatic rings. The van der Waals surface area contributed by atoms with Gasteiger partial charge in [0.15, 0.2) is 9.84 Å². The number of ether oxygens (including phenoxy) is 1. The van der Waals surface area contributed by atoms with Crippen molar-refractivity contribution in [2.75, 3.05) is 0 Å². The Labute approximate surface area is 113 Å². The molecule has 1 aromatic carbocycles. The molecule has 0 N–H and O–H groups in total. The summed E-state index contributed by atoms with van der Waals surface area (Å²) in [5, 5.41) is -0.451. The molecule has 2 rings (SSSR count). The third kappa shape index (κ3) is 3.35. The normalized spacial score (nSPS) is 23.8. The number of carbonyl (C=O) groups is 1. The zero-order valence-electron chi connectivity index (χ0n) is 10.9. The average Bonchev–Trinajstić information content (AvgIpc) is 2.39. The van der Waals surface area contributed by atoms with Gasteiger partial charge >= 0.3 is 5.97 Å². The maximum absolute atomic E-state index is 12.5. The summed E-state index contributed by atoms with van der Waals surface area (Å²) >= 11 is 0. The van der Waals surface area contributed by atoms with Gasteiger partial charge in [0, 0.05) is 13.3 Å². The molecule has 0 amide bonds. The van der Waals surface area contributed by atoms with Crippen LogP contribution in [0.5, 0.6) is 0 Å². The molecule has 4 nitrogen and oxygen atoms in total. The maximum atomic E-state index is 12.5. The van der Waals surface area contributed by atoms with Gasteiger partial charge < -0.3 is 4.74 Å². The number of hydrogen-bond acceptors (Lipinski definition) is 4. The lowest BCUT2D eigenvalue weighted by atomic mass is 9.97. The zero-order valence-corrected chi connectivity index (χ0v) is 11.7.